The number of fused-ring (bicyclic) bond motifs is 2. The molecule has 160 valence electrons. The highest BCUT2D eigenvalue weighted by Gasteiger charge is 2.42. The van der Waals surface area contributed by atoms with Gasteiger partial charge < -0.3 is 19.9 Å². The monoisotopic (exact) mass is 420 g/mol. The van der Waals surface area contributed by atoms with Crippen LogP contribution in [-0.2, 0) is 0 Å². The summed E-state index contributed by atoms with van der Waals surface area (Å²) in [5.74, 6) is 0.975. The maximum atomic E-state index is 10.5. The van der Waals surface area contributed by atoms with E-state index in [9.17, 15) is 5.11 Å². The summed E-state index contributed by atoms with van der Waals surface area (Å²) in [7, 11) is 1.49. The molecule has 9 nitrogen and oxygen atoms in total. The Bertz CT molecular complexity index is 1090. The summed E-state index contributed by atoms with van der Waals surface area (Å²) in [5.41, 5.74) is 1.93. The summed E-state index contributed by atoms with van der Waals surface area (Å²) < 4.78 is 11.1. The summed E-state index contributed by atoms with van der Waals surface area (Å²) in [4.78, 5) is 12.2. The fraction of sp³-hybridized carbons (Fsp3) is 0.409. The van der Waals surface area contributed by atoms with E-state index >= 15 is 0 Å². The largest absolute Gasteiger partial charge is 0.507 e. The van der Waals surface area contributed by atoms with Gasteiger partial charge in [-0.25, -0.2) is 4.98 Å². The number of nitrogens with one attached hydrogen (secondary N) is 1. The van der Waals surface area contributed by atoms with Gasteiger partial charge in [0.05, 0.1) is 12.8 Å². The number of piperidine rings is 1. The molecule has 3 atom stereocenters. The van der Waals surface area contributed by atoms with Crippen LogP contribution in [0.5, 0.6) is 17.6 Å². The maximum Gasteiger partial charge on any atom is 0.319 e. The molecule has 1 unspecified atom stereocenters. The zero-order chi connectivity index (χ0) is 21.4. The molecule has 2 bridgehead atoms. The standard InChI is InChI=1S/C22H24N6O3/c1-22-8-7-14(26-22)10-15(11-22)31-19-6-5-17(27-28-19)16-4-3-13(9-18(16)29)20-23-12-24-21(25-20)30-2/h3-6,9,12,14-15,26,29H,7-8,10-11H2,1-2H3/t14?,15-,22+/m0/s1. The van der Waals surface area contributed by atoms with Gasteiger partial charge in [0, 0.05) is 35.2 Å². The van der Waals surface area contributed by atoms with Gasteiger partial charge >= 0.3 is 6.01 Å². The fourth-order valence-corrected chi connectivity index (χ4v) is 4.56. The van der Waals surface area contributed by atoms with Gasteiger partial charge in [0.1, 0.15) is 18.2 Å². The normalized spacial score (nSPS) is 24.7. The van der Waals surface area contributed by atoms with Gasteiger partial charge in [0.2, 0.25) is 5.88 Å². The minimum absolute atomic E-state index is 0.0581. The molecule has 3 aromatic rings. The molecule has 2 aliphatic heterocycles. The third kappa shape index (κ3) is 4.00. The van der Waals surface area contributed by atoms with Crippen LogP contribution < -0.4 is 14.8 Å². The molecule has 0 spiro atoms. The maximum absolute atomic E-state index is 10.5. The molecule has 31 heavy (non-hydrogen) atoms. The molecule has 0 amide bonds. The van der Waals surface area contributed by atoms with Gasteiger partial charge in [-0.2, -0.15) is 9.97 Å². The number of benzene rings is 1. The first-order valence-electron chi connectivity index (χ1n) is 10.4. The lowest BCUT2D eigenvalue weighted by Gasteiger charge is -2.36. The number of methoxy groups -OCH3 is 1. The third-order valence-electron chi connectivity index (χ3n) is 6.01. The summed E-state index contributed by atoms with van der Waals surface area (Å²) in [6.45, 7) is 2.26. The third-order valence-corrected chi connectivity index (χ3v) is 6.01. The molecule has 2 aliphatic rings. The van der Waals surface area contributed by atoms with E-state index in [4.69, 9.17) is 9.47 Å². The first kappa shape index (κ1) is 19.6. The number of hydrogen-bond acceptors (Lipinski definition) is 9. The van der Waals surface area contributed by atoms with E-state index in [0.717, 1.165) is 12.8 Å². The van der Waals surface area contributed by atoms with E-state index in [0.29, 0.717) is 34.6 Å². The second kappa shape index (κ2) is 7.73. The van der Waals surface area contributed by atoms with Crippen molar-refractivity contribution in [1.82, 2.24) is 30.5 Å². The zero-order valence-corrected chi connectivity index (χ0v) is 17.4. The molecule has 0 radical (unpaired) electrons. The summed E-state index contributed by atoms with van der Waals surface area (Å²) in [5, 5.41) is 22.7. The molecule has 2 saturated heterocycles. The minimum Gasteiger partial charge on any atom is -0.507 e. The molecule has 1 aromatic carbocycles. The van der Waals surface area contributed by atoms with Gasteiger partial charge in [-0.05, 0) is 44.4 Å². The number of phenols is 1. The highest BCUT2D eigenvalue weighted by atomic mass is 16.5. The van der Waals surface area contributed by atoms with E-state index in [1.54, 1.807) is 30.3 Å². The average molecular weight is 420 g/mol. The van der Waals surface area contributed by atoms with Gasteiger partial charge in [0.15, 0.2) is 5.82 Å². The quantitative estimate of drug-likeness (QED) is 0.643. The van der Waals surface area contributed by atoms with Crippen LogP contribution in [0.15, 0.2) is 36.7 Å². The van der Waals surface area contributed by atoms with Gasteiger partial charge in [-0.15, -0.1) is 10.2 Å². The number of aromatic hydroxyl groups is 1. The lowest BCUT2D eigenvalue weighted by atomic mass is 9.91. The lowest BCUT2D eigenvalue weighted by Crippen LogP contribution is -2.50. The van der Waals surface area contributed by atoms with Crippen molar-refractivity contribution >= 4 is 0 Å². The zero-order valence-electron chi connectivity index (χ0n) is 17.4. The predicted octanol–water partition coefficient (Wildman–Crippen LogP) is 2.76. The molecule has 2 fully saturated rings. The van der Waals surface area contributed by atoms with E-state index in [-0.39, 0.29) is 23.4 Å². The van der Waals surface area contributed by atoms with Crippen LogP contribution in [-0.4, -0.2) is 55.1 Å². The number of aromatic nitrogens is 5. The Morgan fingerprint density at radius 1 is 1.16 bits per heavy atom. The topological polar surface area (TPSA) is 115 Å². The Labute approximate surface area is 179 Å². The van der Waals surface area contributed by atoms with E-state index in [2.05, 4.69) is 37.4 Å². The average Bonchev–Trinajstić information content (AvgIpc) is 3.06. The second-order valence-corrected chi connectivity index (χ2v) is 8.40. The summed E-state index contributed by atoms with van der Waals surface area (Å²) in [6, 6.07) is 9.50. The molecule has 4 heterocycles. The van der Waals surface area contributed by atoms with Gasteiger partial charge in [-0.3, -0.25) is 0 Å². The molecular weight excluding hydrogens is 396 g/mol. The SMILES string of the molecule is COc1ncnc(-c2ccc(-c3ccc(O[C@H]4CC5CC[C@](C)(C4)N5)nn3)c(O)c2)n1. The smallest absolute Gasteiger partial charge is 0.319 e. The number of ether oxygens (including phenoxy) is 2. The van der Waals surface area contributed by atoms with Crippen LogP contribution in [0.4, 0.5) is 0 Å². The first-order chi connectivity index (χ1) is 15.0. The molecule has 5 rings (SSSR count). The summed E-state index contributed by atoms with van der Waals surface area (Å²) in [6.07, 6.45) is 5.86. The van der Waals surface area contributed by atoms with Crippen LogP contribution in [0.2, 0.25) is 0 Å². The summed E-state index contributed by atoms with van der Waals surface area (Å²) >= 11 is 0. The highest BCUT2D eigenvalue weighted by molar-refractivity contribution is 5.71. The number of phenolic OH excluding ortho intramolecular Hbond substituents is 1. The van der Waals surface area contributed by atoms with Crippen LogP contribution in [0, 0.1) is 0 Å². The molecule has 9 heteroatoms. The van der Waals surface area contributed by atoms with Crippen molar-refractivity contribution in [2.24, 2.45) is 0 Å². The molecule has 0 saturated carbocycles. The van der Waals surface area contributed by atoms with Crippen molar-refractivity contribution in [2.75, 3.05) is 7.11 Å². The molecular formula is C22H24N6O3. The van der Waals surface area contributed by atoms with E-state index in [1.807, 2.05) is 0 Å². The Morgan fingerprint density at radius 2 is 2.06 bits per heavy atom. The first-order valence-corrected chi connectivity index (χ1v) is 10.4. The Kier molecular flexibility index (Phi) is 4.90. The Morgan fingerprint density at radius 3 is 2.81 bits per heavy atom. The Hall–Kier alpha value is -3.33. The second-order valence-electron chi connectivity index (χ2n) is 8.40. The molecule has 2 aromatic heterocycles. The van der Waals surface area contributed by atoms with Crippen molar-refractivity contribution in [3.05, 3.63) is 36.7 Å². The van der Waals surface area contributed by atoms with Gasteiger partial charge in [-0.1, -0.05) is 6.07 Å². The lowest BCUT2D eigenvalue weighted by molar-refractivity contribution is 0.103. The van der Waals surface area contributed by atoms with Crippen LogP contribution >= 0.6 is 0 Å². The fourth-order valence-electron chi connectivity index (χ4n) is 4.56. The number of nitrogens with zero attached hydrogens (tertiary/aromatic N) is 5. The number of rotatable bonds is 5. The predicted molar refractivity (Wildman–Crippen MR) is 113 cm³/mol. The molecule has 2 N–H and O–H groups in total. The minimum atomic E-state index is 0.0581. The Balaban J connectivity index is 1.31. The van der Waals surface area contributed by atoms with Crippen LogP contribution in [0.25, 0.3) is 22.6 Å². The van der Waals surface area contributed by atoms with Crippen molar-refractivity contribution in [1.29, 1.82) is 0 Å². The van der Waals surface area contributed by atoms with Crippen LogP contribution in [0.3, 0.4) is 0 Å². The van der Waals surface area contributed by atoms with Crippen molar-refractivity contribution < 1.29 is 14.6 Å². The van der Waals surface area contributed by atoms with E-state index < -0.39 is 0 Å². The van der Waals surface area contributed by atoms with Crippen LogP contribution in [0.1, 0.15) is 32.6 Å². The van der Waals surface area contributed by atoms with Crippen molar-refractivity contribution in [3.8, 4) is 40.3 Å². The number of hydrogen-bond donors (Lipinski definition) is 2. The highest BCUT2D eigenvalue weighted by Crippen LogP contribution is 2.37. The van der Waals surface area contributed by atoms with E-state index in [1.165, 1.54) is 26.3 Å². The van der Waals surface area contributed by atoms with Gasteiger partial charge in [0.25, 0.3) is 0 Å². The molecule has 0 aliphatic carbocycles. The van der Waals surface area contributed by atoms with Crippen molar-refractivity contribution in [3.63, 3.8) is 0 Å². The van der Waals surface area contributed by atoms with Crippen molar-refractivity contribution in [2.45, 2.75) is 50.3 Å².